The second-order valence-electron chi connectivity index (χ2n) is 5.44. The Morgan fingerprint density at radius 2 is 1.91 bits per heavy atom. The van der Waals surface area contributed by atoms with E-state index in [9.17, 15) is 0 Å². The van der Waals surface area contributed by atoms with Crippen molar-refractivity contribution in [2.45, 2.75) is 26.2 Å². The molecule has 0 aromatic heterocycles. The molecular formula is C18H21NO3. The van der Waals surface area contributed by atoms with Crippen LogP contribution >= 0.6 is 0 Å². The fraction of sp³-hybridized carbons (Fsp3) is 0.333. The molecule has 1 aliphatic rings. The topological polar surface area (TPSA) is 53.7 Å². The van der Waals surface area contributed by atoms with Crippen LogP contribution in [0, 0.1) is 6.92 Å². The molecule has 1 fully saturated rings. The zero-order valence-electron chi connectivity index (χ0n) is 12.7. The van der Waals surface area contributed by atoms with Crippen molar-refractivity contribution >= 4 is 5.69 Å². The summed E-state index contributed by atoms with van der Waals surface area (Å²) in [4.78, 5) is 0. The van der Waals surface area contributed by atoms with Crippen LogP contribution in [0.15, 0.2) is 42.5 Å². The molecule has 1 saturated heterocycles. The molecule has 2 aromatic carbocycles. The molecule has 0 saturated carbocycles. The molecule has 2 aromatic rings. The molecule has 4 heteroatoms. The minimum atomic E-state index is -0.318. The van der Waals surface area contributed by atoms with Crippen LogP contribution in [0.25, 0.3) is 0 Å². The van der Waals surface area contributed by atoms with E-state index in [4.69, 9.17) is 19.9 Å². The van der Waals surface area contributed by atoms with Crippen molar-refractivity contribution in [2.75, 3.05) is 18.9 Å². The van der Waals surface area contributed by atoms with Gasteiger partial charge in [-0.1, -0.05) is 30.3 Å². The number of nitrogens with two attached hydrogens (primary N) is 1. The van der Waals surface area contributed by atoms with Gasteiger partial charge >= 0.3 is 0 Å². The van der Waals surface area contributed by atoms with Gasteiger partial charge in [0.1, 0.15) is 12.4 Å². The van der Waals surface area contributed by atoms with Gasteiger partial charge in [0, 0.05) is 5.56 Å². The Labute approximate surface area is 130 Å². The van der Waals surface area contributed by atoms with Crippen molar-refractivity contribution in [3.05, 3.63) is 59.2 Å². The van der Waals surface area contributed by atoms with Gasteiger partial charge in [0.2, 0.25) is 0 Å². The second kappa shape index (κ2) is 6.81. The number of aryl methyl sites for hydroxylation is 1. The van der Waals surface area contributed by atoms with Crippen LogP contribution in [-0.2, 0) is 16.1 Å². The third-order valence-corrected chi connectivity index (χ3v) is 3.78. The smallest absolute Gasteiger partial charge is 0.183 e. The molecule has 22 heavy (non-hydrogen) atoms. The largest absolute Gasteiger partial charge is 0.487 e. The van der Waals surface area contributed by atoms with Crippen LogP contribution in [-0.4, -0.2) is 13.2 Å². The van der Waals surface area contributed by atoms with E-state index >= 15 is 0 Å². The van der Waals surface area contributed by atoms with Gasteiger partial charge < -0.3 is 19.9 Å². The van der Waals surface area contributed by atoms with Gasteiger partial charge in [-0.3, -0.25) is 0 Å². The minimum Gasteiger partial charge on any atom is -0.487 e. The zero-order chi connectivity index (χ0) is 15.4. The average Bonchev–Trinajstić information content (AvgIpc) is 2.56. The average molecular weight is 299 g/mol. The van der Waals surface area contributed by atoms with E-state index in [0.29, 0.717) is 18.0 Å². The van der Waals surface area contributed by atoms with Gasteiger partial charge in [-0.15, -0.1) is 0 Å². The van der Waals surface area contributed by atoms with E-state index in [1.54, 1.807) is 0 Å². The zero-order valence-corrected chi connectivity index (χ0v) is 12.7. The lowest BCUT2D eigenvalue weighted by Gasteiger charge is -2.24. The van der Waals surface area contributed by atoms with Crippen LogP contribution in [0.1, 0.15) is 29.4 Å². The molecule has 1 aliphatic heterocycles. The van der Waals surface area contributed by atoms with E-state index in [1.807, 2.05) is 30.3 Å². The fourth-order valence-electron chi connectivity index (χ4n) is 2.45. The van der Waals surface area contributed by atoms with Gasteiger partial charge in [-0.05, 0) is 36.6 Å². The SMILES string of the molecule is Cc1ccccc1COc1ccc(C2OCCCO2)cc1N. The van der Waals surface area contributed by atoms with E-state index in [1.165, 1.54) is 5.56 Å². The van der Waals surface area contributed by atoms with Crippen LogP contribution in [0.3, 0.4) is 0 Å². The highest BCUT2D eigenvalue weighted by Gasteiger charge is 2.17. The van der Waals surface area contributed by atoms with Crippen molar-refractivity contribution in [3.63, 3.8) is 0 Å². The van der Waals surface area contributed by atoms with Crippen molar-refractivity contribution in [2.24, 2.45) is 0 Å². The maximum atomic E-state index is 6.09. The molecule has 0 radical (unpaired) electrons. The molecular weight excluding hydrogens is 278 g/mol. The van der Waals surface area contributed by atoms with Gasteiger partial charge in [0.05, 0.1) is 18.9 Å². The lowest BCUT2D eigenvalue weighted by atomic mass is 10.1. The Morgan fingerprint density at radius 3 is 2.64 bits per heavy atom. The van der Waals surface area contributed by atoms with Gasteiger partial charge in [-0.2, -0.15) is 0 Å². The molecule has 3 rings (SSSR count). The summed E-state index contributed by atoms with van der Waals surface area (Å²) in [6.45, 7) is 4.02. The first-order chi connectivity index (χ1) is 10.7. The fourth-order valence-corrected chi connectivity index (χ4v) is 2.45. The number of nitrogen functional groups attached to an aromatic ring is 1. The highest BCUT2D eigenvalue weighted by Crippen LogP contribution is 2.30. The first kappa shape index (κ1) is 14.9. The first-order valence-corrected chi connectivity index (χ1v) is 7.54. The third-order valence-electron chi connectivity index (χ3n) is 3.78. The predicted molar refractivity (Wildman–Crippen MR) is 85.6 cm³/mol. The lowest BCUT2D eigenvalue weighted by molar-refractivity contribution is -0.183. The molecule has 116 valence electrons. The summed E-state index contributed by atoms with van der Waals surface area (Å²) < 4.78 is 17.0. The van der Waals surface area contributed by atoms with Crippen LogP contribution in [0.4, 0.5) is 5.69 Å². The summed E-state index contributed by atoms with van der Waals surface area (Å²) in [5, 5.41) is 0. The van der Waals surface area contributed by atoms with Gasteiger partial charge in [-0.25, -0.2) is 0 Å². The predicted octanol–water partition coefficient (Wildman–Crippen LogP) is 3.59. The van der Waals surface area contributed by atoms with Gasteiger partial charge in [0.15, 0.2) is 6.29 Å². The molecule has 0 bridgehead atoms. The Hall–Kier alpha value is -2.04. The number of ether oxygens (including phenoxy) is 3. The molecule has 0 amide bonds. The van der Waals surface area contributed by atoms with E-state index < -0.39 is 0 Å². The first-order valence-electron chi connectivity index (χ1n) is 7.54. The Kier molecular flexibility index (Phi) is 4.61. The monoisotopic (exact) mass is 299 g/mol. The minimum absolute atomic E-state index is 0.318. The molecule has 0 unspecified atom stereocenters. The Morgan fingerprint density at radius 1 is 1.14 bits per heavy atom. The Balaban J connectivity index is 1.68. The van der Waals surface area contributed by atoms with Crippen molar-refractivity contribution in [1.82, 2.24) is 0 Å². The molecule has 0 aliphatic carbocycles. The second-order valence-corrected chi connectivity index (χ2v) is 5.44. The summed E-state index contributed by atoms with van der Waals surface area (Å²) in [7, 11) is 0. The molecule has 2 N–H and O–H groups in total. The summed E-state index contributed by atoms with van der Waals surface area (Å²) in [5.74, 6) is 0.683. The molecule has 1 heterocycles. The lowest BCUT2D eigenvalue weighted by Crippen LogP contribution is -2.17. The van der Waals surface area contributed by atoms with Crippen molar-refractivity contribution < 1.29 is 14.2 Å². The molecule has 0 spiro atoms. The maximum absolute atomic E-state index is 6.09. The maximum Gasteiger partial charge on any atom is 0.183 e. The number of anilines is 1. The van der Waals surface area contributed by atoms with Gasteiger partial charge in [0.25, 0.3) is 0 Å². The number of hydrogen-bond acceptors (Lipinski definition) is 4. The normalized spacial score (nSPS) is 15.7. The number of hydrogen-bond donors (Lipinski definition) is 1. The van der Waals surface area contributed by atoms with E-state index in [-0.39, 0.29) is 6.29 Å². The van der Waals surface area contributed by atoms with Crippen LogP contribution in [0.2, 0.25) is 0 Å². The third kappa shape index (κ3) is 3.40. The Bertz CT molecular complexity index is 636. The highest BCUT2D eigenvalue weighted by molar-refractivity contribution is 5.54. The number of rotatable bonds is 4. The summed E-state index contributed by atoms with van der Waals surface area (Å²) in [6, 6.07) is 13.8. The quantitative estimate of drug-likeness (QED) is 0.877. The molecule has 4 nitrogen and oxygen atoms in total. The van der Waals surface area contributed by atoms with Crippen LogP contribution < -0.4 is 10.5 Å². The van der Waals surface area contributed by atoms with E-state index in [2.05, 4.69) is 19.1 Å². The molecule has 0 atom stereocenters. The summed E-state index contributed by atoms with van der Waals surface area (Å²) in [6.07, 6.45) is 0.616. The van der Waals surface area contributed by atoms with Crippen LogP contribution in [0.5, 0.6) is 5.75 Å². The van der Waals surface area contributed by atoms with E-state index in [0.717, 1.165) is 30.8 Å². The van der Waals surface area contributed by atoms with Crippen molar-refractivity contribution in [3.8, 4) is 5.75 Å². The summed E-state index contributed by atoms with van der Waals surface area (Å²) >= 11 is 0. The highest BCUT2D eigenvalue weighted by atomic mass is 16.7. The standard InChI is InChI=1S/C18H21NO3/c1-13-5-2-3-6-15(13)12-22-17-8-7-14(11-16(17)19)18-20-9-4-10-21-18/h2-3,5-8,11,18H,4,9-10,12,19H2,1H3. The number of benzene rings is 2. The van der Waals surface area contributed by atoms with Crippen molar-refractivity contribution in [1.29, 1.82) is 0 Å². The summed E-state index contributed by atoms with van der Waals surface area (Å²) in [5.41, 5.74) is 9.99.